The Bertz CT molecular complexity index is 5310. The zero-order chi connectivity index (χ0) is 77.6. The molecule has 115 heavy (non-hydrogen) atoms. The normalized spacial score (nSPS) is 29.3. The second-order valence-corrected chi connectivity index (χ2v) is 33.7. The molecule has 22 rings (SSSR count). The minimum Gasteiger partial charge on any atom is -0.504 e. The number of nitrogens with one attached hydrogen (secondary N) is 4. The summed E-state index contributed by atoms with van der Waals surface area (Å²) in [6, 6.07) is 18.6. The number of hydrogen-bond acceptors (Lipinski definition) is 26. The second kappa shape index (κ2) is 30.8. The fourth-order valence-corrected chi connectivity index (χ4v) is 24.9. The average molecular weight is 1710 g/mol. The Kier molecular flexibility index (Phi) is 22.2. The number of rotatable bonds is 4. The molecular formula is C84H100AgN10O18S2. The van der Waals surface area contributed by atoms with Crippen LogP contribution >= 0.6 is 23.5 Å². The summed E-state index contributed by atoms with van der Waals surface area (Å²) in [6.45, 7) is 12.0. The molecule has 8 aromatic rings. The molecule has 2 aromatic heterocycles. The number of phenolic OH excluding ortho intramolecular Hbond substituents is 2. The molecular weight excluding hydrogens is 1610 g/mol. The van der Waals surface area contributed by atoms with Crippen molar-refractivity contribution in [2.75, 3.05) is 79.8 Å². The van der Waals surface area contributed by atoms with Gasteiger partial charge in [-0.2, -0.15) is 5.26 Å². The van der Waals surface area contributed by atoms with Gasteiger partial charge in [0.05, 0.1) is 75.1 Å². The Morgan fingerprint density at radius 3 is 1.43 bits per heavy atom. The largest absolute Gasteiger partial charge is 0.504 e. The van der Waals surface area contributed by atoms with Crippen LogP contribution in [-0.4, -0.2) is 206 Å². The number of likely N-dealkylation sites (N-methyl/N-ethyl adjacent to an activating group) is 2. The zero-order valence-electron chi connectivity index (χ0n) is 63.2. The van der Waals surface area contributed by atoms with Gasteiger partial charge in [-0.3, -0.25) is 30.2 Å². The third-order valence-corrected chi connectivity index (χ3v) is 29.3. The number of aliphatic hydroxyl groups is 3. The first-order valence-corrected chi connectivity index (χ1v) is 39.6. The molecule has 6 aromatic carbocycles. The summed E-state index contributed by atoms with van der Waals surface area (Å²) in [5.74, 6) is 3.44. The van der Waals surface area contributed by atoms with Crippen LogP contribution in [0.5, 0.6) is 46.0 Å². The van der Waals surface area contributed by atoms with Crippen LogP contribution in [0.3, 0.4) is 0 Å². The van der Waals surface area contributed by atoms with Gasteiger partial charge in [0.25, 0.3) is 5.09 Å². The van der Waals surface area contributed by atoms with Crippen LogP contribution in [0.15, 0.2) is 60.7 Å². The van der Waals surface area contributed by atoms with Crippen molar-refractivity contribution in [1.29, 1.82) is 5.26 Å². The topological polar surface area (TPSA) is 365 Å². The number of fused-ring (bicyclic) bond motifs is 22. The van der Waals surface area contributed by atoms with Gasteiger partial charge in [0.1, 0.15) is 25.5 Å². The molecule has 16 heterocycles. The van der Waals surface area contributed by atoms with Crippen LogP contribution in [0.2, 0.25) is 0 Å². The number of phenols is 2. The van der Waals surface area contributed by atoms with Crippen molar-refractivity contribution in [1.82, 2.24) is 40.2 Å². The molecule has 16 atom stereocenters. The average Bonchev–Trinajstić information content (AvgIpc) is 1.64. The van der Waals surface area contributed by atoms with Gasteiger partial charge in [0, 0.05) is 119 Å². The molecule has 617 valence electrons. The van der Waals surface area contributed by atoms with Crippen LogP contribution in [0.25, 0.3) is 21.8 Å². The Morgan fingerprint density at radius 1 is 0.600 bits per heavy atom. The summed E-state index contributed by atoms with van der Waals surface area (Å²) in [5.41, 5.74) is 16.1. The van der Waals surface area contributed by atoms with Gasteiger partial charge in [-0.15, -0.1) is 33.6 Å². The number of thioether (sulfide) groups is 2. The molecule has 14 aliphatic heterocycles. The molecule has 2 spiro atoms. The number of ether oxygens (including phenoxy) is 8. The van der Waals surface area contributed by atoms with E-state index >= 15 is 0 Å². The molecule has 28 nitrogen and oxygen atoms in total. The van der Waals surface area contributed by atoms with E-state index < -0.39 is 52.5 Å². The van der Waals surface area contributed by atoms with Gasteiger partial charge < -0.3 is 78.6 Å². The second-order valence-electron chi connectivity index (χ2n) is 31.5. The number of aromatic amines is 2. The van der Waals surface area contributed by atoms with Gasteiger partial charge in [-0.05, 0) is 160 Å². The molecule has 1 radical (unpaired) electrons. The number of piperazine rings is 2. The van der Waals surface area contributed by atoms with Gasteiger partial charge in [-0.1, -0.05) is 70.8 Å². The van der Waals surface area contributed by atoms with Gasteiger partial charge in [-0.25, -0.2) is 9.59 Å². The number of esters is 2. The number of aliphatic hydroxyl groups excluding tert-OH is 3. The van der Waals surface area contributed by atoms with E-state index in [0.29, 0.717) is 60.2 Å². The Balaban J connectivity index is 0.000000176. The van der Waals surface area contributed by atoms with E-state index in [-0.39, 0.29) is 167 Å². The van der Waals surface area contributed by atoms with Gasteiger partial charge in [0.15, 0.2) is 57.1 Å². The smallest absolute Gasteiger partial charge is 0.333 e. The van der Waals surface area contributed by atoms with Crippen LogP contribution in [0.1, 0.15) is 157 Å². The van der Waals surface area contributed by atoms with Crippen molar-refractivity contribution >= 4 is 57.3 Å². The first-order chi connectivity index (χ1) is 53.4. The SMILES string of the molecule is C.C.C.COc1c(C)cc2c(c1O)[C@@H]1[C@@H]3[C@@H]4SC[C@]5(N[C@H](CO)Cc6c5[nH]c5ccccc65)C(=O)OC[C@@H](c5c6c(c(C)c(C)c54)OCO6)N3[C@@H](C#N)[C@H](C2)N1C.COc1c(C)cc2c(c1O)[C@@H]1[C@@H]3[C@@H]4SC[C@]5(N[C@H](CO)Cc6c5[nH]c5ccccc65)C(=O)OC[C@@H](c5c6c(c(C)c(C)c54)OCO6)N3[C@@H](O)[C@H](C2)N1C.O=[N+]([O-])O.[Ag]. The summed E-state index contributed by atoms with van der Waals surface area (Å²) in [4.78, 5) is 54.2. The number of para-hydroxylation sites is 2. The number of nitriles is 1. The van der Waals surface area contributed by atoms with Crippen molar-refractivity contribution in [3.63, 3.8) is 0 Å². The Morgan fingerprint density at radius 2 is 1.00 bits per heavy atom. The Hall–Kier alpha value is -8.49. The summed E-state index contributed by atoms with van der Waals surface area (Å²) in [5, 5.41) is 91.2. The van der Waals surface area contributed by atoms with E-state index in [2.05, 4.69) is 105 Å². The van der Waals surface area contributed by atoms with Crippen LogP contribution in [0.4, 0.5) is 0 Å². The van der Waals surface area contributed by atoms with Crippen molar-refractivity contribution in [3.8, 4) is 52.1 Å². The molecule has 4 fully saturated rings. The van der Waals surface area contributed by atoms with Crippen molar-refractivity contribution in [2.24, 2.45) is 0 Å². The standard InChI is InChI=1S/C41H43N5O7S.C40H44N4O8S.3CH4.Ag.HNO3/c1-18-10-21-11-26-27(13-42)46-28-15-51-40(49)41(39-24(12-22(14-47)44-41)23-8-6-7-9-25(23)43-39)16-54-38(29-19(2)20(3)36-37(31(28)29)53-17-52-36)33(46)32(45(26)4)30(21)34(48)35(18)50-5;1-17-10-20-11-25-38(47)44-26-14-50-39(48)40(37-23(12-21(13-45)42-40)22-8-6-7-9-24(22)41-37)15-53-36(27-18(2)19(3)34-35(29(26)27)52-16-51-34)31(44)30(43(25)4)28(20)32(46)33(17)49-5;;;;;2-1(3)4/h6-10,22,26-28,32-33,38,43-44,47-48H,11-12,14-17H2,1-5H3;6-10,21,25-26,30-31,36,38,41-42,45-47H,11-16H2,1-5H3;3*1H4;;(H,2,3,4)/t22-,26-,27-,28-,32+,33+,38+,41+;21-,25-,26-,30+,31+,36+,38-,40+;;;;;/m00...../s1. The maximum atomic E-state index is 14.9. The Labute approximate surface area is 691 Å². The molecule has 31 heteroatoms. The number of aromatic nitrogens is 2. The third kappa shape index (κ3) is 12.0. The quantitative estimate of drug-likeness (QED) is 0.0339. The number of hydrogen-bond donors (Lipinski definition) is 10. The summed E-state index contributed by atoms with van der Waals surface area (Å²) >= 11 is 3.29. The van der Waals surface area contributed by atoms with Crippen molar-refractivity contribution in [3.05, 3.63) is 171 Å². The first-order valence-electron chi connectivity index (χ1n) is 37.5. The molecule has 0 unspecified atom stereocenters. The van der Waals surface area contributed by atoms with E-state index in [4.69, 9.17) is 53.2 Å². The fourth-order valence-electron chi connectivity index (χ4n) is 21.5. The van der Waals surface area contributed by atoms with Crippen LogP contribution in [0, 0.1) is 63.0 Å². The van der Waals surface area contributed by atoms with Crippen LogP contribution < -0.4 is 39.1 Å². The zero-order valence-corrected chi connectivity index (χ0v) is 66.3. The number of aryl methyl sites for hydroxylation is 2. The molecule has 0 aliphatic carbocycles. The predicted molar refractivity (Wildman–Crippen MR) is 428 cm³/mol. The van der Waals surface area contributed by atoms with Crippen molar-refractivity contribution in [2.45, 2.75) is 184 Å². The molecule has 10 N–H and O–H groups in total. The maximum Gasteiger partial charge on any atom is 0.333 e. The van der Waals surface area contributed by atoms with E-state index in [9.17, 15) is 40.4 Å². The van der Waals surface area contributed by atoms with E-state index in [1.807, 2.05) is 57.3 Å². The summed E-state index contributed by atoms with van der Waals surface area (Å²) < 4.78 is 49.3. The summed E-state index contributed by atoms with van der Waals surface area (Å²) in [6.07, 6.45) is 1.26. The predicted octanol–water partition coefficient (Wildman–Crippen LogP) is 9.98. The molecule has 0 saturated carbocycles. The van der Waals surface area contributed by atoms with Crippen molar-refractivity contribution < 1.29 is 106 Å². The van der Waals surface area contributed by atoms with Crippen LogP contribution in [-0.2, 0) is 78.2 Å². The maximum absolute atomic E-state index is 14.9. The number of aromatic hydroxyl groups is 2. The number of nitrogens with zero attached hydrogens (tertiary/aromatic N) is 6. The van der Waals surface area contributed by atoms with Gasteiger partial charge >= 0.3 is 11.9 Å². The number of H-pyrrole nitrogens is 2. The monoisotopic (exact) mass is 1710 g/mol. The molecule has 8 bridgehead atoms. The van der Waals surface area contributed by atoms with Gasteiger partial charge in [0.2, 0.25) is 13.6 Å². The minimum absolute atomic E-state index is 0. The molecule has 14 aliphatic rings. The first kappa shape index (κ1) is 83.0. The van der Waals surface area contributed by atoms with E-state index in [1.54, 1.807) is 37.7 Å². The summed E-state index contributed by atoms with van der Waals surface area (Å²) in [7, 11) is 7.26. The number of carbonyl (C=O) groups excluding carboxylic acids is 2. The molecule has 4 saturated heterocycles. The number of methoxy groups -OCH3 is 2. The van der Waals surface area contributed by atoms with E-state index in [1.165, 1.54) is 0 Å². The van der Waals surface area contributed by atoms with E-state index in [0.717, 1.165) is 122 Å². The minimum atomic E-state index is -1.50. The molecule has 0 amide bonds. The fraction of sp³-hybridized carbons (Fsp3) is 0.488. The number of carbonyl (C=O) groups is 2. The number of benzene rings is 6. The third-order valence-electron chi connectivity index (χ3n) is 26.3.